The molecule has 0 atom stereocenters. The molecule has 0 spiro atoms. The lowest BCUT2D eigenvalue weighted by Gasteiger charge is -2.10. The maximum absolute atomic E-state index is 5.65. The summed E-state index contributed by atoms with van der Waals surface area (Å²) in [7, 11) is 0. The second-order valence-corrected chi connectivity index (χ2v) is 4.47. The summed E-state index contributed by atoms with van der Waals surface area (Å²) >= 11 is 0. The molecule has 0 aromatic carbocycles. The van der Waals surface area contributed by atoms with E-state index >= 15 is 0 Å². The maximum Gasteiger partial charge on any atom is 0.0919 e. The predicted octanol–water partition coefficient (Wildman–Crippen LogP) is 4.82. The first-order valence-corrected chi connectivity index (χ1v) is 6.75. The maximum atomic E-state index is 5.65. The molecule has 0 aliphatic heterocycles. The monoisotopic (exact) mass is 210 g/mol. The van der Waals surface area contributed by atoms with E-state index in [4.69, 9.17) is 4.74 Å². The van der Waals surface area contributed by atoms with Gasteiger partial charge in [-0.05, 0) is 32.3 Å². The van der Waals surface area contributed by atoms with Gasteiger partial charge in [-0.25, -0.2) is 0 Å². The highest BCUT2D eigenvalue weighted by atomic mass is 16.5. The summed E-state index contributed by atoms with van der Waals surface area (Å²) < 4.78 is 5.65. The Morgan fingerprint density at radius 1 is 0.933 bits per heavy atom. The van der Waals surface area contributed by atoms with Crippen molar-refractivity contribution in [3.8, 4) is 0 Å². The molecule has 88 valence electrons. The van der Waals surface area contributed by atoms with E-state index in [1.165, 1.54) is 63.5 Å². The summed E-state index contributed by atoms with van der Waals surface area (Å²) in [5.41, 5.74) is 0. The first-order chi connectivity index (χ1) is 7.43. The van der Waals surface area contributed by atoms with Crippen LogP contribution in [0.15, 0.2) is 11.8 Å². The highest BCUT2D eigenvalue weighted by molar-refractivity contribution is 4.93. The van der Waals surface area contributed by atoms with Crippen molar-refractivity contribution < 1.29 is 4.74 Å². The predicted molar refractivity (Wildman–Crippen MR) is 65.9 cm³/mol. The topological polar surface area (TPSA) is 9.23 Å². The van der Waals surface area contributed by atoms with Gasteiger partial charge in [-0.15, -0.1) is 0 Å². The fraction of sp³-hybridized carbons (Fsp3) is 0.857. The van der Waals surface area contributed by atoms with Crippen molar-refractivity contribution in [1.29, 1.82) is 0 Å². The van der Waals surface area contributed by atoms with Gasteiger partial charge in [0.2, 0.25) is 0 Å². The van der Waals surface area contributed by atoms with Crippen LogP contribution in [0.4, 0.5) is 0 Å². The van der Waals surface area contributed by atoms with Crippen LogP contribution >= 0.6 is 0 Å². The Morgan fingerprint density at radius 2 is 1.53 bits per heavy atom. The molecule has 0 aromatic rings. The molecule has 0 fully saturated rings. The van der Waals surface area contributed by atoms with Crippen LogP contribution < -0.4 is 0 Å². The molecule has 0 N–H and O–H groups in total. The Morgan fingerprint density at radius 3 is 2.20 bits per heavy atom. The molecular weight excluding hydrogens is 184 g/mol. The van der Waals surface area contributed by atoms with Gasteiger partial charge in [-0.3, -0.25) is 0 Å². The molecule has 1 aliphatic carbocycles. The van der Waals surface area contributed by atoms with Gasteiger partial charge >= 0.3 is 0 Å². The van der Waals surface area contributed by atoms with Crippen LogP contribution in [0.1, 0.15) is 71.1 Å². The van der Waals surface area contributed by atoms with Crippen LogP contribution in [0.25, 0.3) is 0 Å². The second kappa shape index (κ2) is 8.82. The van der Waals surface area contributed by atoms with Crippen LogP contribution in [-0.2, 0) is 4.74 Å². The summed E-state index contributed by atoms with van der Waals surface area (Å²) in [4.78, 5) is 0. The summed E-state index contributed by atoms with van der Waals surface area (Å²) in [6, 6.07) is 0. The molecule has 0 aromatic heterocycles. The van der Waals surface area contributed by atoms with Gasteiger partial charge in [0.1, 0.15) is 0 Å². The Balaban J connectivity index is 2.31. The molecule has 0 saturated carbocycles. The van der Waals surface area contributed by atoms with Gasteiger partial charge in [-0.1, -0.05) is 38.5 Å². The largest absolute Gasteiger partial charge is 0.499 e. The van der Waals surface area contributed by atoms with Crippen LogP contribution in [-0.4, -0.2) is 6.61 Å². The van der Waals surface area contributed by atoms with Crippen LogP contribution in [0, 0.1) is 0 Å². The number of hydrogen-bond acceptors (Lipinski definition) is 1. The Hall–Kier alpha value is -0.460. The second-order valence-electron chi connectivity index (χ2n) is 4.47. The van der Waals surface area contributed by atoms with Gasteiger partial charge in [0.15, 0.2) is 0 Å². The molecule has 15 heavy (non-hydrogen) atoms. The van der Waals surface area contributed by atoms with E-state index in [9.17, 15) is 0 Å². The molecule has 1 nitrogen and oxygen atoms in total. The molecular formula is C14H26O. The first-order valence-electron chi connectivity index (χ1n) is 6.75. The molecule has 1 aliphatic rings. The Kier molecular flexibility index (Phi) is 7.41. The smallest absolute Gasteiger partial charge is 0.0919 e. The van der Waals surface area contributed by atoms with Crippen molar-refractivity contribution in [3.63, 3.8) is 0 Å². The molecule has 0 radical (unpaired) electrons. The van der Waals surface area contributed by atoms with E-state index < -0.39 is 0 Å². The summed E-state index contributed by atoms with van der Waals surface area (Å²) in [5, 5.41) is 0. The molecule has 0 heterocycles. The van der Waals surface area contributed by atoms with E-state index in [0.717, 1.165) is 13.0 Å². The number of hydrogen-bond donors (Lipinski definition) is 0. The number of ether oxygens (including phenoxy) is 1. The zero-order valence-electron chi connectivity index (χ0n) is 10.3. The fourth-order valence-electron chi connectivity index (χ4n) is 2.19. The first kappa shape index (κ1) is 12.6. The average molecular weight is 210 g/mol. The van der Waals surface area contributed by atoms with E-state index in [2.05, 4.69) is 13.0 Å². The highest BCUT2D eigenvalue weighted by Crippen LogP contribution is 2.17. The van der Waals surface area contributed by atoms with E-state index in [0.29, 0.717) is 0 Å². The summed E-state index contributed by atoms with van der Waals surface area (Å²) in [6.07, 6.45) is 15.9. The van der Waals surface area contributed by atoms with Crippen molar-refractivity contribution in [3.05, 3.63) is 11.8 Å². The molecule has 1 heteroatoms. The molecule has 1 rings (SSSR count). The zero-order chi connectivity index (χ0) is 10.8. The SMILES string of the molecule is CCO/C1=C/CCCCCCCCCC1. The lowest BCUT2D eigenvalue weighted by atomic mass is 10.0. The van der Waals surface area contributed by atoms with Gasteiger partial charge < -0.3 is 4.74 Å². The van der Waals surface area contributed by atoms with Crippen molar-refractivity contribution in [2.24, 2.45) is 0 Å². The van der Waals surface area contributed by atoms with Crippen molar-refractivity contribution >= 4 is 0 Å². The minimum Gasteiger partial charge on any atom is -0.499 e. The highest BCUT2D eigenvalue weighted by Gasteiger charge is 2.00. The quantitative estimate of drug-likeness (QED) is 0.635. The summed E-state index contributed by atoms with van der Waals surface area (Å²) in [5.74, 6) is 1.25. The molecule has 0 bridgehead atoms. The molecule has 0 unspecified atom stereocenters. The average Bonchev–Trinajstić information content (AvgIpc) is 2.22. The third-order valence-electron chi connectivity index (χ3n) is 3.08. The lowest BCUT2D eigenvalue weighted by Crippen LogP contribution is -1.93. The van der Waals surface area contributed by atoms with E-state index in [-0.39, 0.29) is 0 Å². The van der Waals surface area contributed by atoms with Crippen LogP contribution in [0.5, 0.6) is 0 Å². The van der Waals surface area contributed by atoms with Crippen LogP contribution in [0.2, 0.25) is 0 Å². The third kappa shape index (κ3) is 6.59. The minimum absolute atomic E-state index is 0.825. The number of rotatable bonds is 2. The van der Waals surface area contributed by atoms with Crippen molar-refractivity contribution in [1.82, 2.24) is 0 Å². The standard InChI is InChI=1S/C14H26O/c1-2-15-14-12-10-8-6-4-3-5-7-9-11-13-14/h12H,2-11,13H2,1H3/b14-12+. The minimum atomic E-state index is 0.825. The van der Waals surface area contributed by atoms with Gasteiger partial charge in [0.25, 0.3) is 0 Å². The van der Waals surface area contributed by atoms with Gasteiger partial charge in [0, 0.05) is 6.42 Å². The number of allylic oxidation sites excluding steroid dienone is 2. The Bertz CT molecular complexity index is 172. The molecule has 0 amide bonds. The van der Waals surface area contributed by atoms with Crippen molar-refractivity contribution in [2.45, 2.75) is 71.1 Å². The third-order valence-corrected chi connectivity index (χ3v) is 3.08. The zero-order valence-corrected chi connectivity index (χ0v) is 10.3. The normalized spacial score (nSPS) is 24.5. The van der Waals surface area contributed by atoms with Crippen LogP contribution in [0.3, 0.4) is 0 Å². The van der Waals surface area contributed by atoms with Gasteiger partial charge in [-0.2, -0.15) is 0 Å². The van der Waals surface area contributed by atoms with E-state index in [1.54, 1.807) is 0 Å². The Labute approximate surface area is 94.9 Å². The van der Waals surface area contributed by atoms with Gasteiger partial charge in [0.05, 0.1) is 12.4 Å². The lowest BCUT2D eigenvalue weighted by molar-refractivity contribution is 0.214. The summed E-state index contributed by atoms with van der Waals surface area (Å²) in [6.45, 7) is 2.91. The van der Waals surface area contributed by atoms with Crippen molar-refractivity contribution in [2.75, 3.05) is 6.61 Å². The van der Waals surface area contributed by atoms with E-state index in [1.807, 2.05) is 0 Å². The fourth-order valence-corrected chi connectivity index (χ4v) is 2.19. The molecule has 0 saturated heterocycles.